The Hall–Kier alpha value is -2.86. The first-order valence-electron chi connectivity index (χ1n) is 12.3. The Bertz CT molecular complexity index is 1190. The van der Waals surface area contributed by atoms with Crippen molar-refractivity contribution in [3.8, 4) is 5.75 Å². The quantitative estimate of drug-likeness (QED) is 0.331. The maximum Gasteiger partial charge on any atom is 0.254 e. The zero-order chi connectivity index (χ0) is 24.4. The number of carbonyl (C=O) groups excluding carboxylic acids is 1. The fourth-order valence-electron chi connectivity index (χ4n) is 5.30. The fraction of sp³-hybridized carbons (Fsp3) is 0.345. The van der Waals surface area contributed by atoms with Crippen LogP contribution < -0.4 is 4.74 Å². The normalized spacial score (nSPS) is 21.2. The van der Waals surface area contributed by atoms with E-state index in [2.05, 4.69) is 31.2 Å². The Morgan fingerprint density at radius 3 is 2.40 bits per heavy atom. The molecule has 0 spiro atoms. The van der Waals surface area contributed by atoms with Crippen molar-refractivity contribution < 1.29 is 18.3 Å². The number of nitrogens with zero attached hydrogens (tertiary/aromatic N) is 1. The Labute approximate surface area is 209 Å². The number of carbonyl (C=O) groups is 1. The zero-order valence-corrected chi connectivity index (χ0v) is 20.6. The van der Waals surface area contributed by atoms with E-state index in [4.69, 9.17) is 4.74 Å². The molecular formula is C29H29F2NO2S. The first-order chi connectivity index (χ1) is 17.0. The molecule has 2 aliphatic rings. The molecule has 0 radical (unpaired) electrons. The van der Waals surface area contributed by atoms with E-state index in [1.807, 2.05) is 40.9 Å². The largest absolute Gasteiger partial charge is 0.487 e. The molecule has 2 heterocycles. The maximum atomic E-state index is 14.0. The maximum absolute atomic E-state index is 14.0. The van der Waals surface area contributed by atoms with Crippen molar-refractivity contribution in [3.63, 3.8) is 0 Å². The Morgan fingerprint density at radius 2 is 1.71 bits per heavy atom. The molecule has 1 amide bonds. The second-order valence-electron chi connectivity index (χ2n) is 9.33. The molecular weight excluding hydrogens is 464 g/mol. The predicted octanol–water partition coefficient (Wildman–Crippen LogP) is 7.03. The van der Waals surface area contributed by atoms with E-state index in [9.17, 15) is 13.6 Å². The first-order valence-corrected chi connectivity index (χ1v) is 13.2. The summed E-state index contributed by atoms with van der Waals surface area (Å²) in [5, 5.41) is 0. The smallest absolute Gasteiger partial charge is 0.254 e. The van der Waals surface area contributed by atoms with E-state index >= 15 is 0 Å². The minimum absolute atomic E-state index is 0.0550. The topological polar surface area (TPSA) is 29.5 Å². The number of benzene rings is 3. The number of ether oxygens (including phenoxy) is 1. The summed E-state index contributed by atoms with van der Waals surface area (Å²) in [4.78, 5) is 16.7. The van der Waals surface area contributed by atoms with E-state index < -0.39 is 11.6 Å². The monoisotopic (exact) mass is 493 g/mol. The molecule has 35 heavy (non-hydrogen) atoms. The molecule has 5 rings (SSSR count). The van der Waals surface area contributed by atoms with Crippen LogP contribution in [0.4, 0.5) is 8.78 Å². The van der Waals surface area contributed by atoms with Gasteiger partial charge in [0.1, 0.15) is 11.9 Å². The molecule has 0 saturated carbocycles. The number of thioether (sulfide) groups is 1. The van der Waals surface area contributed by atoms with Crippen molar-refractivity contribution in [2.24, 2.45) is 0 Å². The van der Waals surface area contributed by atoms with E-state index in [0.29, 0.717) is 18.4 Å². The number of hydrogen-bond acceptors (Lipinski definition) is 3. The van der Waals surface area contributed by atoms with Crippen LogP contribution in [-0.2, 0) is 12.2 Å². The summed E-state index contributed by atoms with van der Waals surface area (Å²) in [5.41, 5.74) is 3.25. The summed E-state index contributed by atoms with van der Waals surface area (Å²) in [6.07, 6.45) is 4.00. The summed E-state index contributed by atoms with van der Waals surface area (Å²) < 4.78 is 33.1. The molecule has 2 fully saturated rings. The summed E-state index contributed by atoms with van der Waals surface area (Å²) >= 11 is 1.82. The van der Waals surface area contributed by atoms with E-state index in [1.54, 1.807) is 0 Å². The first kappa shape index (κ1) is 23.9. The van der Waals surface area contributed by atoms with E-state index in [1.165, 1.54) is 28.2 Å². The molecule has 0 aromatic heterocycles. The third kappa shape index (κ3) is 5.22. The summed E-state index contributed by atoms with van der Waals surface area (Å²) in [6, 6.07) is 20.0. The molecule has 0 N–H and O–H groups in total. The lowest BCUT2D eigenvalue weighted by atomic mass is 9.98. The number of amides is 1. The lowest BCUT2D eigenvalue weighted by Crippen LogP contribution is -2.49. The molecule has 182 valence electrons. The molecule has 2 atom stereocenters. The third-order valence-electron chi connectivity index (χ3n) is 7.06. The highest BCUT2D eigenvalue weighted by molar-refractivity contribution is 7.98. The minimum atomic E-state index is -0.688. The Morgan fingerprint density at radius 1 is 1.00 bits per heavy atom. The van der Waals surface area contributed by atoms with Gasteiger partial charge in [0.05, 0.1) is 0 Å². The summed E-state index contributed by atoms with van der Waals surface area (Å²) in [5.74, 6) is -0.317. The van der Waals surface area contributed by atoms with Crippen molar-refractivity contribution in [1.29, 1.82) is 0 Å². The lowest BCUT2D eigenvalue weighted by molar-refractivity contribution is 0.0349. The van der Waals surface area contributed by atoms with Gasteiger partial charge in [0.25, 0.3) is 5.91 Å². The number of hydrogen-bond donors (Lipinski definition) is 0. The predicted molar refractivity (Wildman–Crippen MR) is 135 cm³/mol. The van der Waals surface area contributed by atoms with Gasteiger partial charge in [-0.3, -0.25) is 4.79 Å². The molecule has 3 aromatic carbocycles. The third-order valence-corrected chi connectivity index (χ3v) is 8.25. The second kappa shape index (κ2) is 10.4. The van der Waals surface area contributed by atoms with Crippen molar-refractivity contribution in [2.75, 3.05) is 0 Å². The molecule has 3 nitrogen and oxygen atoms in total. The van der Waals surface area contributed by atoms with Crippen LogP contribution in [-0.4, -0.2) is 29.0 Å². The van der Waals surface area contributed by atoms with Crippen molar-refractivity contribution in [2.45, 2.75) is 67.9 Å². The summed E-state index contributed by atoms with van der Waals surface area (Å²) in [6.45, 7) is 2.17. The summed E-state index contributed by atoms with van der Waals surface area (Å²) in [7, 11) is 0. The standard InChI is InChI=1S/C29H29F2NO2S/c1-2-20-5-3-4-6-28(20)35-18-19-7-9-21(10-8-19)29(33)32-23-12-13-24(32)17-25(16-23)34-27-14-11-22(30)15-26(27)31/h3-11,14-15,23-25H,2,12-13,16-18H2,1H3. The molecule has 2 saturated heterocycles. The molecule has 0 aliphatic carbocycles. The van der Waals surface area contributed by atoms with Gasteiger partial charge in [0, 0.05) is 47.2 Å². The van der Waals surface area contributed by atoms with Crippen molar-refractivity contribution >= 4 is 17.7 Å². The van der Waals surface area contributed by atoms with Gasteiger partial charge in [-0.25, -0.2) is 8.78 Å². The Balaban J connectivity index is 1.20. The highest BCUT2D eigenvalue weighted by Gasteiger charge is 2.44. The fourth-order valence-corrected chi connectivity index (χ4v) is 6.38. The van der Waals surface area contributed by atoms with Gasteiger partial charge in [0.15, 0.2) is 11.6 Å². The SMILES string of the molecule is CCc1ccccc1SCc1ccc(C(=O)N2C3CCC2CC(Oc2ccc(F)cc2F)C3)cc1. The van der Waals surface area contributed by atoms with Crippen LogP contribution in [0.15, 0.2) is 71.6 Å². The molecule has 3 aromatic rings. The van der Waals surface area contributed by atoms with Crippen LogP contribution in [0.2, 0.25) is 0 Å². The van der Waals surface area contributed by atoms with Crippen LogP contribution in [0.25, 0.3) is 0 Å². The van der Waals surface area contributed by atoms with Gasteiger partial charge in [-0.05, 0) is 60.7 Å². The van der Waals surface area contributed by atoms with E-state index in [-0.39, 0.29) is 29.8 Å². The van der Waals surface area contributed by atoms with Gasteiger partial charge >= 0.3 is 0 Å². The molecule has 2 aliphatic heterocycles. The number of piperidine rings is 1. The Kier molecular flexibility index (Phi) is 7.09. The molecule has 2 unspecified atom stereocenters. The van der Waals surface area contributed by atoms with Gasteiger partial charge in [-0.2, -0.15) is 0 Å². The highest BCUT2D eigenvalue weighted by Crippen LogP contribution is 2.38. The lowest BCUT2D eigenvalue weighted by Gasteiger charge is -2.39. The van der Waals surface area contributed by atoms with Gasteiger partial charge in [-0.15, -0.1) is 11.8 Å². The van der Waals surface area contributed by atoms with Crippen LogP contribution in [0.3, 0.4) is 0 Å². The van der Waals surface area contributed by atoms with Crippen LogP contribution in [0.1, 0.15) is 54.1 Å². The average Bonchev–Trinajstić information content (AvgIpc) is 3.14. The molecule has 2 bridgehead atoms. The number of aryl methyl sites for hydroxylation is 1. The van der Waals surface area contributed by atoms with Crippen LogP contribution in [0, 0.1) is 11.6 Å². The average molecular weight is 494 g/mol. The van der Waals surface area contributed by atoms with Crippen molar-refractivity contribution in [3.05, 3.63) is 95.1 Å². The number of halogens is 2. The minimum Gasteiger partial charge on any atom is -0.487 e. The van der Waals surface area contributed by atoms with E-state index in [0.717, 1.165) is 31.1 Å². The second-order valence-corrected chi connectivity index (χ2v) is 10.3. The van der Waals surface area contributed by atoms with Crippen LogP contribution in [0.5, 0.6) is 5.75 Å². The van der Waals surface area contributed by atoms with Crippen molar-refractivity contribution in [1.82, 2.24) is 4.90 Å². The van der Waals surface area contributed by atoms with Crippen LogP contribution >= 0.6 is 11.8 Å². The van der Waals surface area contributed by atoms with Gasteiger partial charge in [-0.1, -0.05) is 37.3 Å². The van der Waals surface area contributed by atoms with Gasteiger partial charge in [0.2, 0.25) is 0 Å². The molecule has 6 heteroatoms. The number of fused-ring (bicyclic) bond motifs is 2. The number of rotatable bonds is 7. The van der Waals surface area contributed by atoms with Gasteiger partial charge < -0.3 is 9.64 Å². The zero-order valence-electron chi connectivity index (χ0n) is 19.8. The highest BCUT2D eigenvalue weighted by atomic mass is 32.2.